The summed E-state index contributed by atoms with van der Waals surface area (Å²) >= 11 is 0. The Morgan fingerprint density at radius 3 is 2.52 bits per heavy atom. The van der Waals surface area contributed by atoms with Gasteiger partial charge in [0.25, 0.3) is 5.56 Å². The van der Waals surface area contributed by atoms with Gasteiger partial charge in [-0.05, 0) is 13.0 Å². The number of amides is 1. The maximum Gasteiger partial charge on any atom is 0.345 e. The topological polar surface area (TPSA) is 71.8 Å². The Morgan fingerprint density at radius 1 is 1.20 bits per heavy atom. The fourth-order valence-corrected chi connectivity index (χ4v) is 3.25. The van der Waals surface area contributed by atoms with Gasteiger partial charge in [0.1, 0.15) is 5.56 Å². The Bertz CT molecular complexity index is 866. The molecule has 3 rings (SSSR count). The van der Waals surface area contributed by atoms with Crippen LogP contribution in [0.25, 0.3) is 10.9 Å². The maximum atomic E-state index is 12.9. The van der Waals surface area contributed by atoms with Crippen LogP contribution >= 0.6 is 0 Å². The first-order valence-electron chi connectivity index (χ1n) is 8.31. The van der Waals surface area contributed by atoms with E-state index in [-0.39, 0.29) is 17.7 Å². The number of esters is 1. The largest absolute Gasteiger partial charge is 0.462 e. The number of hydrogen-bond acceptors (Lipinski definition) is 5. The summed E-state index contributed by atoms with van der Waals surface area (Å²) in [6.45, 7) is 4.13. The summed E-state index contributed by atoms with van der Waals surface area (Å²) in [6.07, 6.45) is 0.825. The normalized spacial score (nSPS) is 14.6. The highest BCUT2D eigenvalue weighted by Crippen LogP contribution is 2.30. The molecule has 0 saturated carbocycles. The van der Waals surface area contributed by atoms with Gasteiger partial charge in [0, 0.05) is 38.6 Å². The Morgan fingerprint density at radius 2 is 1.88 bits per heavy atom. The molecule has 0 atom stereocenters. The van der Waals surface area contributed by atoms with E-state index in [2.05, 4.69) is 0 Å². The summed E-state index contributed by atoms with van der Waals surface area (Å²) in [5.74, 6) is -0.610. The lowest BCUT2D eigenvalue weighted by atomic mass is 10.1. The summed E-state index contributed by atoms with van der Waals surface area (Å²) < 4.78 is 6.62. The molecule has 0 N–H and O–H groups in total. The second-order valence-corrected chi connectivity index (χ2v) is 5.95. The van der Waals surface area contributed by atoms with Gasteiger partial charge in [0.2, 0.25) is 6.41 Å². The molecule has 2 aromatic rings. The number of carbonyl (C=O) groups excluding carboxylic acids is 2. The summed E-state index contributed by atoms with van der Waals surface area (Å²) in [5.41, 5.74) is 1.05. The first kappa shape index (κ1) is 17.0. The fraction of sp³-hybridized carbons (Fsp3) is 0.389. The highest BCUT2D eigenvalue weighted by Gasteiger charge is 2.27. The van der Waals surface area contributed by atoms with Gasteiger partial charge in [-0.1, -0.05) is 18.2 Å². The SMILES string of the molecule is CCOC(=O)c1c(N2CCN(C=O)CC2)c2ccccc2n(C)c1=O. The van der Waals surface area contributed by atoms with E-state index < -0.39 is 5.97 Å². The number of aryl methyl sites for hydroxylation is 1. The van der Waals surface area contributed by atoms with Crippen LogP contribution in [0, 0.1) is 0 Å². The Hall–Kier alpha value is -2.83. The maximum absolute atomic E-state index is 12.9. The van der Waals surface area contributed by atoms with Gasteiger partial charge in [-0.2, -0.15) is 0 Å². The molecule has 1 aromatic heterocycles. The van der Waals surface area contributed by atoms with Crippen molar-refractivity contribution in [2.24, 2.45) is 7.05 Å². The molecule has 2 heterocycles. The summed E-state index contributed by atoms with van der Waals surface area (Å²) in [5, 5.41) is 0.826. The van der Waals surface area contributed by atoms with Crippen LogP contribution < -0.4 is 10.5 Å². The highest BCUT2D eigenvalue weighted by atomic mass is 16.5. The third-order valence-corrected chi connectivity index (χ3v) is 4.53. The zero-order valence-electron chi connectivity index (χ0n) is 14.4. The molecule has 0 aliphatic carbocycles. The van der Waals surface area contributed by atoms with Crippen LogP contribution in [0.2, 0.25) is 0 Å². The zero-order chi connectivity index (χ0) is 18.0. The van der Waals surface area contributed by atoms with E-state index in [1.807, 2.05) is 29.2 Å². The molecule has 0 radical (unpaired) electrons. The first-order chi connectivity index (χ1) is 12.1. The number of anilines is 1. The average molecular weight is 343 g/mol. The molecule has 132 valence electrons. The van der Waals surface area contributed by atoms with Crippen molar-refractivity contribution in [3.05, 3.63) is 40.2 Å². The molecule has 7 nitrogen and oxygen atoms in total. The van der Waals surface area contributed by atoms with Gasteiger partial charge in [0.05, 0.1) is 17.8 Å². The number of benzene rings is 1. The number of rotatable bonds is 4. The van der Waals surface area contributed by atoms with E-state index in [0.29, 0.717) is 31.9 Å². The number of aromatic nitrogens is 1. The van der Waals surface area contributed by atoms with Crippen molar-refractivity contribution in [3.63, 3.8) is 0 Å². The predicted octanol–water partition coefficient (Wildman–Crippen LogP) is 0.994. The van der Waals surface area contributed by atoms with Crippen molar-refractivity contribution in [1.29, 1.82) is 0 Å². The quantitative estimate of drug-likeness (QED) is 0.612. The number of fused-ring (bicyclic) bond motifs is 1. The molecule has 1 saturated heterocycles. The number of nitrogens with zero attached hydrogens (tertiary/aromatic N) is 3. The fourth-order valence-electron chi connectivity index (χ4n) is 3.25. The van der Waals surface area contributed by atoms with Crippen LogP contribution in [-0.4, -0.2) is 54.6 Å². The van der Waals surface area contributed by atoms with Gasteiger partial charge in [-0.15, -0.1) is 0 Å². The number of ether oxygens (including phenoxy) is 1. The minimum absolute atomic E-state index is 0.0580. The minimum atomic E-state index is -0.610. The van der Waals surface area contributed by atoms with E-state index in [0.717, 1.165) is 17.3 Å². The summed E-state index contributed by atoms with van der Waals surface area (Å²) in [6, 6.07) is 7.50. The molecule has 0 spiro atoms. The van der Waals surface area contributed by atoms with Gasteiger partial charge >= 0.3 is 5.97 Å². The minimum Gasteiger partial charge on any atom is -0.462 e. The van der Waals surface area contributed by atoms with Crippen molar-refractivity contribution in [2.75, 3.05) is 37.7 Å². The Kier molecular flexibility index (Phi) is 4.74. The van der Waals surface area contributed by atoms with Crippen LogP contribution in [0.3, 0.4) is 0 Å². The molecule has 0 bridgehead atoms. The standard InChI is InChI=1S/C18H21N3O4/c1-3-25-18(24)15-16(21-10-8-20(12-22)9-11-21)13-6-4-5-7-14(13)19(2)17(15)23/h4-7,12H,3,8-11H2,1-2H3. The number of para-hydroxylation sites is 1. The van der Waals surface area contributed by atoms with Gasteiger partial charge < -0.3 is 19.1 Å². The predicted molar refractivity (Wildman–Crippen MR) is 95.0 cm³/mol. The zero-order valence-corrected chi connectivity index (χ0v) is 14.4. The van der Waals surface area contributed by atoms with Crippen molar-refractivity contribution in [2.45, 2.75) is 6.92 Å². The summed E-state index contributed by atoms with van der Waals surface area (Å²) in [7, 11) is 1.65. The Balaban J connectivity index is 2.22. The number of pyridine rings is 1. The molecule has 7 heteroatoms. The van der Waals surface area contributed by atoms with Gasteiger partial charge in [0.15, 0.2) is 0 Å². The average Bonchev–Trinajstić information content (AvgIpc) is 2.64. The molecular formula is C18H21N3O4. The van der Waals surface area contributed by atoms with E-state index in [4.69, 9.17) is 4.74 Å². The van der Waals surface area contributed by atoms with E-state index >= 15 is 0 Å². The first-order valence-corrected chi connectivity index (χ1v) is 8.31. The number of carbonyl (C=O) groups is 2. The molecule has 1 aliphatic heterocycles. The molecular weight excluding hydrogens is 322 g/mol. The van der Waals surface area contributed by atoms with Crippen LogP contribution in [0.5, 0.6) is 0 Å². The molecule has 25 heavy (non-hydrogen) atoms. The summed E-state index contributed by atoms with van der Waals surface area (Å²) in [4.78, 5) is 40.0. The van der Waals surface area contributed by atoms with Crippen LogP contribution in [0.1, 0.15) is 17.3 Å². The number of hydrogen-bond donors (Lipinski definition) is 0. The highest BCUT2D eigenvalue weighted by molar-refractivity contribution is 6.05. The van der Waals surface area contributed by atoms with E-state index in [1.54, 1.807) is 18.9 Å². The van der Waals surface area contributed by atoms with Gasteiger partial charge in [-0.25, -0.2) is 4.79 Å². The molecule has 0 unspecified atom stereocenters. The van der Waals surface area contributed by atoms with Crippen molar-refractivity contribution in [3.8, 4) is 0 Å². The smallest absolute Gasteiger partial charge is 0.345 e. The molecule has 1 fully saturated rings. The molecule has 1 aromatic carbocycles. The van der Waals surface area contributed by atoms with Crippen LogP contribution in [0.4, 0.5) is 5.69 Å². The van der Waals surface area contributed by atoms with Crippen molar-refractivity contribution >= 4 is 29.0 Å². The van der Waals surface area contributed by atoms with Gasteiger partial charge in [-0.3, -0.25) is 9.59 Å². The lowest BCUT2D eigenvalue weighted by molar-refractivity contribution is -0.118. The van der Waals surface area contributed by atoms with E-state index in [9.17, 15) is 14.4 Å². The molecule has 1 aliphatic rings. The van der Waals surface area contributed by atoms with E-state index in [1.165, 1.54) is 4.57 Å². The number of piperazine rings is 1. The van der Waals surface area contributed by atoms with Crippen molar-refractivity contribution < 1.29 is 14.3 Å². The third-order valence-electron chi connectivity index (χ3n) is 4.53. The lowest BCUT2D eigenvalue weighted by Gasteiger charge is -2.35. The Labute approximate surface area is 145 Å². The van der Waals surface area contributed by atoms with Crippen molar-refractivity contribution in [1.82, 2.24) is 9.47 Å². The molecule has 1 amide bonds. The van der Waals surface area contributed by atoms with Crippen LogP contribution in [-0.2, 0) is 16.6 Å². The lowest BCUT2D eigenvalue weighted by Crippen LogP contribution is -2.47. The second-order valence-electron chi connectivity index (χ2n) is 5.95. The second kappa shape index (κ2) is 6.96. The third kappa shape index (κ3) is 2.97. The van der Waals surface area contributed by atoms with Crippen LogP contribution in [0.15, 0.2) is 29.1 Å². The monoisotopic (exact) mass is 343 g/mol.